The minimum absolute atomic E-state index is 0.0552. The van der Waals surface area contributed by atoms with E-state index >= 15 is 0 Å². The second kappa shape index (κ2) is 9.00. The third kappa shape index (κ3) is 4.65. The summed E-state index contributed by atoms with van der Waals surface area (Å²) in [4.78, 5) is 28.5. The zero-order chi connectivity index (χ0) is 23.8. The van der Waals surface area contributed by atoms with Crippen LogP contribution in [0, 0.1) is 0 Å². The third-order valence-corrected chi connectivity index (χ3v) is 6.82. The van der Waals surface area contributed by atoms with E-state index in [1.165, 1.54) is 5.38 Å². The van der Waals surface area contributed by atoms with E-state index in [1.807, 2.05) is 0 Å². The van der Waals surface area contributed by atoms with E-state index < -0.39 is 24.9 Å². The van der Waals surface area contributed by atoms with Gasteiger partial charge in [0.1, 0.15) is 18.0 Å². The minimum Gasteiger partial charge on any atom is -0.545 e. The number of anilines is 1. The summed E-state index contributed by atoms with van der Waals surface area (Å²) in [5.74, 6) is -3.03. The summed E-state index contributed by atoms with van der Waals surface area (Å²) in [7, 11) is 0.565. The average Bonchev–Trinajstić information content (AvgIpc) is 3.37. The molecule has 1 amide bonds. The summed E-state index contributed by atoms with van der Waals surface area (Å²) in [6.45, 7) is 2.43. The number of nitrogens with two attached hydrogens (primary N) is 1. The Morgan fingerprint density at radius 2 is 2.15 bits per heavy atom. The van der Waals surface area contributed by atoms with Crippen LogP contribution in [0.5, 0.6) is 5.75 Å². The molecule has 1 aromatic heterocycles. The maximum absolute atomic E-state index is 12.6. The molecule has 174 valence electrons. The van der Waals surface area contributed by atoms with Crippen LogP contribution in [0.4, 0.5) is 5.13 Å². The smallest absolute Gasteiger partial charge is 0.545 e. The Morgan fingerprint density at radius 1 is 1.42 bits per heavy atom. The van der Waals surface area contributed by atoms with Crippen molar-refractivity contribution in [2.24, 2.45) is 5.16 Å². The van der Waals surface area contributed by atoms with Gasteiger partial charge in [-0.15, -0.1) is 11.3 Å². The molecule has 0 radical (unpaired) electrons. The Balaban J connectivity index is 1.56. The molecule has 0 aliphatic carbocycles. The maximum atomic E-state index is 12.6. The van der Waals surface area contributed by atoms with Gasteiger partial charge in [0.05, 0.1) is 32.0 Å². The van der Waals surface area contributed by atoms with E-state index in [0.29, 0.717) is 17.7 Å². The highest BCUT2D eigenvalue weighted by molar-refractivity contribution is 7.13. The van der Waals surface area contributed by atoms with Gasteiger partial charge in [-0.3, -0.25) is 4.79 Å². The van der Waals surface area contributed by atoms with Gasteiger partial charge in [0, 0.05) is 29.3 Å². The van der Waals surface area contributed by atoms with Crippen molar-refractivity contribution in [3.05, 3.63) is 39.9 Å². The predicted octanol–water partition coefficient (Wildman–Crippen LogP) is -0.853. The van der Waals surface area contributed by atoms with Crippen molar-refractivity contribution >= 4 is 41.2 Å². The highest BCUT2D eigenvalue weighted by atomic mass is 32.1. The molecule has 13 heteroatoms. The molecule has 1 fully saturated rings. The normalized spacial score (nSPS) is 19.6. The van der Waals surface area contributed by atoms with Crippen LogP contribution in [0.3, 0.4) is 0 Å². The van der Waals surface area contributed by atoms with Gasteiger partial charge in [-0.25, -0.2) is 4.98 Å². The van der Waals surface area contributed by atoms with Crippen LogP contribution in [-0.2, 0) is 17.8 Å². The molecule has 1 saturated heterocycles. The van der Waals surface area contributed by atoms with Crippen LogP contribution in [0.2, 0.25) is 0 Å². The fourth-order valence-electron chi connectivity index (χ4n) is 4.49. The molecular formula is C20H24BN5O6S. The van der Waals surface area contributed by atoms with Gasteiger partial charge in [-0.05, 0) is 12.0 Å². The number of likely N-dealkylation sites (tertiary alicyclic amines) is 1. The van der Waals surface area contributed by atoms with Crippen LogP contribution < -0.4 is 20.8 Å². The highest BCUT2D eigenvalue weighted by Crippen LogP contribution is 2.34. The van der Waals surface area contributed by atoms with Crippen molar-refractivity contribution in [1.82, 2.24) is 10.3 Å². The SMILES string of the molecule is C[N+]1(Cc2ccc3c(c2C(=O)[O-])OB(O)[C@@H](NC(=O)/C(=N\O)c2csc(N)n2)C3)CCCC1. The number of rotatable bonds is 6. The predicted molar refractivity (Wildman–Crippen MR) is 119 cm³/mol. The zero-order valence-electron chi connectivity index (χ0n) is 18.0. The van der Waals surface area contributed by atoms with E-state index in [1.54, 1.807) is 12.1 Å². The van der Waals surface area contributed by atoms with Crippen molar-refractivity contribution in [1.29, 1.82) is 0 Å². The Bertz CT molecular complexity index is 1120. The number of carbonyl (C=O) groups excluding carboxylic acids is 2. The number of amides is 1. The number of quaternary nitrogens is 1. The van der Waals surface area contributed by atoms with Gasteiger partial charge in [-0.2, -0.15) is 0 Å². The number of hydrogen-bond donors (Lipinski definition) is 4. The molecule has 33 heavy (non-hydrogen) atoms. The van der Waals surface area contributed by atoms with E-state index in [9.17, 15) is 24.9 Å². The number of fused-ring (bicyclic) bond motifs is 1. The van der Waals surface area contributed by atoms with E-state index in [2.05, 4.69) is 22.5 Å². The standard InChI is InChI=1S/C20H24BN5O6S/c1-26(6-2-3-7-26)9-12-5-4-11-8-14(21(30)32-17(11)15(12)19(28)29)24-18(27)16(25-31)13-10-33-20(22)23-13/h4-5,10,14,30H,2-3,6-9H2,1H3,(H4-,22,23,24,27,28,29,31)/t14-/m0/s1. The number of benzene rings is 1. The van der Waals surface area contributed by atoms with Gasteiger partial charge < -0.3 is 40.3 Å². The van der Waals surface area contributed by atoms with Gasteiger partial charge >= 0.3 is 7.12 Å². The molecule has 11 nitrogen and oxygen atoms in total. The Labute approximate surface area is 194 Å². The molecule has 5 N–H and O–H groups in total. The Kier molecular flexibility index (Phi) is 6.28. The summed E-state index contributed by atoms with van der Waals surface area (Å²) in [5.41, 5.74) is 6.32. The average molecular weight is 473 g/mol. The summed E-state index contributed by atoms with van der Waals surface area (Å²) in [6, 6.07) is 3.48. The lowest BCUT2D eigenvalue weighted by Gasteiger charge is -2.33. The number of aromatic carboxylic acids is 1. The number of thiazole rings is 1. The summed E-state index contributed by atoms with van der Waals surface area (Å²) in [6.07, 6.45) is 2.28. The Hall–Kier alpha value is -3.16. The van der Waals surface area contributed by atoms with Crippen molar-refractivity contribution < 1.29 is 34.1 Å². The van der Waals surface area contributed by atoms with Gasteiger partial charge in [-0.1, -0.05) is 17.3 Å². The minimum atomic E-state index is -1.52. The molecule has 1 atom stereocenters. The van der Waals surface area contributed by atoms with E-state index in [-0.39, 0.29) is 34.3 Å². The Morgan fingerprint density at radius 3 is 2.76 bits per heavy atom. The summed E-state index contributed by atoms with van der Waals surface area (Å²) < 4.78 is 6.30. The maximum Gasteiger partial charge on any atom is 0.547 e. The number of nitrogens with one attached hydrogen (secondary N) is 1. The molecule has 0 saturated carbocycles. The molecule has 0 bridgehead atoms. The lowest BCUT2D eigenvalue weighted by Crippen LogP contribution is -2.55. The quantitative estimate of drug-likeness (QED) is 0.138. The number of aromatic nitrogens is 1. The fourth-order valence-corrected chi connectivity index (χ4v) is 5.04. The molecule has 2 aliphatic rings. The number of nitrogens with zero attached hydrogens (tertiary/aromatic N) is 3. The molecule has 0 spiro atoms. The first-order valence-corrected chi connectivity index (χ1v) is 11.4. The summed E-state index contributed by atoms with van der Waals surface area (Å²) >= 11 is 1.08. The first kappa shape index (κ1) is 23.0. The number of carboxylic acids is 1. The largest absolute Gasteiger partial charge is 0.547 e. The lowest BCUT2D eigenvalue weighted by molar-refractivity contribution is -0.910. The van der Waals surface area contributed by atoms with Gasteiger partial charge in [0.25, 0.3) is 5.91 Å². The van der Waals surface area contributed by atoms with E-state index in [4.69, 9.17) is 10.4 Å². The van der Waals surface area contributed by atoms with Gasteiger partial charge in [0.2, 0.25) is 0 Å². The second-order valence-electron chi connectivity index (χ2n) is 8.62. The molecule has 0 unspecified atom stereocenters. The molecule has 1 aromatic carbocycles. The monoisotopic (exact) mass is 473 g/mol. The van der Waals surface area contributed by atoms with Crippen molar-refractivity contribution in [2.75, 3.05) is 25.9 Å². The summed E-state index contributed by atoms with van der Waals surface area (Å²) in [5, 5.41) is 39.0. The molecule has 2 aliphatic heterocycles. The third-order valence-electron chi connectivity index (χ3n) is 6.15. The van der Waals surface area contributed by atoms with E-state index in [0.717, 1.165) is 41.8 Å². The first-order valence-electron chi connectivity index (χ1n) is 10.5. The van der Waals surface area contributed by atoms with Crippen LogP contribution in [0.15, 0.2) is 22.7 Å². The second-order valence-corrected chi connectivity index (χ2v) is 9.51. The topological polar surface area (TPSA) is 170 Å². The van der Waals surface area contributed by atoms with Crippen LogP contribution in [-0.4, -0.2) is 70.5 Å². The number of carbonyl (C=O) groups is 2. The molecule has 3 heterocycles. The lowest BCUT2D eigenvalue weighted by atomic mass is 9.72. The zero-order valence-corrected chi connectivity index (χ0v) is 18.8. The van der Waals surface area contributed by atoms with Crippen molar-refractivity contribution in [2.45, 2.75) is 31.7 Å². The number of nitrogen functional groups attached to an aromatic ring is 1. The van der Waals surface area contributed by atoms with Crippen LogP contribution in [0.25, 0.3) is 0 Å². The van der Waals surface area contributed by atoms with Crippen molar-refractivity contribution in [3.8, 4) is 5.75 Å². The van der Waals surface area contributed by atoms with Crippen LogP contribution in [0.1, 0.15) is 40.0 Å². The number of oxime groups is 1. The van der Waals surface area contributed by atoms with Crippen LogP contribution >= 0.6 is 11.3 Å². The molecule has 2 aromatic rings. The van der Waals surface area contributed by atoms with Crippen molar-refractivity contribution in [3.63, 3.8) is 0 Å². The molecular weight excluding hydrogens is 449 g/mol. The highest BCUT2D eigenvalue weighted by Gasteiger charge is 2.39. The number of carboxylic acid groups (broad SMARTS) is 1. The number of hydrogen-bond acceptors (Lipinski definition) is 10. The molecule has 4 rings (SSSR count). The first-order chi connectivity index (χ1) is 15.7. The fraction of sp³-hybridized carbons (Fsp3) is 0.400. The van der Waals surface area contributed by atoms with Gasteiger partial charge in [0.15, 0.2) is 10.8 Å².